The van der Waals surface area contributed by atoms with Crippen molar-refractivity contribution in [2.24, 2.45) is 5.92 Å². The SMILES string of the molecule is O=C(O)C1CNC(c2cccc3occc23)C1. The van der Waals surface area contributed by atoms with E-state index in [9.17, 15) is 4.79 Å². The number of furan rings is 1. The van der Waals surface area contributed by atoms with Crippen LogP contribution in [0, 0.1) is 5.92 Å². The van der Waals surface area contributed by atoms with Gasteiger partial charge in [-0.1, -0.05) is 12.1 Å². The van der Waals surface area contributed by atoms with Crippen LogP contribution in [0.25, 0.3) is 11.0 Å². The van der Waals surface area contributed by atoms with Gasteiger partial charge in [-0.2, -0.15) is 0 Å². The molecule has 17 heavy (non-hydrogen) atoms. The Labute approximate surface area is 98.2 Å². The van der Waals surface area contributed by atoms with Crippen LogP contribution >= 0.6 is 0 Å². The number of hydrogen-bond donors (Lipinski definition) is 2. The third-order valence-corrected chi connectivity index (χ3v) is 3.39. The molecule has 2 N–H and O–H groups in total. The first-order valence-corrected chi connectivity index (χ1v) is 5.68. The first-order valence-electron chi connectivity index (χ1n) is 5.68. The second kappa shape index (κ2) is 3.89. The number of carbonyl (C=O) groups is 1. The summed E-state index contributed by atoms with van der Waals surface area (Å²) in [5.41, 5.74) is 1.98. The highest BCUT2D eigenvalue weighted by atomic mass is 16.4. The van der Waals surface area contributed by atoms with Crippen molar-refractivity contribution in [3.05, 3.63) is 36.1 Å². The molecule has 1 aliphatic rings. The van der Waals surface area contributed by atoms with Crippen LogP contribution in [0.5, 0.6) is 0 Å². The highest BCUT2D eigenvalue weighted by Gasteiger charge is 2.30. The van der Waals surface area contributed by atoms with Gasteiger partial charge in [-0.3, -0.25) is 4.79 Å². The van der Waals surface area contributed by atoms with E-state index in [0.29, 0.717) is 13.0 Å². The molecule has 1 aliphatic heterocycles. The summed E-state index contributed by atoms with van der Waals surface area (Å²) in [4.78, 5) is 10.9. The van der Waals surface area contributed by atoms with Crippen molar-refractivity contribution in [3.8, 4) is 0 Å². The molecular weight excluding hydrogens is 218 g/mol. The van der Waals surface area contributed by atoms with E-state index in [1.165, 1.54) is 0 Å². The van der Waals surface area contributed by atoms with Gasteiger partial charge in [0.1, 0.15) is 5.58 Å². The van der Waals surface area contributed by atoms with Crippen LogP contribution in [0.1, 0.15) is 18.0 Å². The number of benzene rings is 1. The maximum atomic E-state index is 10.9. The van der Waals surface area contributed by atoms with E-state index in [-0.39, 0.29) is 12.0 Å². The molecule has 2 heterocycles. The molecule has 88 valence electrons. The van der Waals surface area contributed by atoms with Gasteiger partial charge in [0, 0.05) is 18.0 Å². The molecule has 1 fully saturated rings. The van der Waals surface area contributed by atoms with Crippen LogP contribution in [0.4, 0.5) is 0 Å². The highest BCUT2D eigenvalue weighted by molar-refractivity contribution is 5.81. The largest absolute Gasteiger partial charge is 0.481 e. The Morgan fingerprint density at radius 1 is 1.41 bits per heavy atom. The molecular formula is C13H13NO3. The van der Waals surface area contributed by atoms with Crippen molar-refractivity contribution in [2.75, 3.05) is 6.54 Å². The zero-order chi connectivity index (χ0) is 11.8. The Morgan fingerprint density at radius 2 is 2.29 bits per heavy atom. The molecule has 0 radical (unpaired) electrons. The van der Waals surface area contributed by atoms with Crippen molar-refractivity contribution in [2.45, 2.75) is 12.5 Å². The minimum atomic E-state index is -0.723. The second-order valence-corrected chi connectivity index (χ2v) is 4.41. The number of carboxylic acids is 1. The standard InChI is InChI=1S/C13H13NO3/c15-13(16)8-6-11(14-7-8)9-2-1-3-12-10(9)4-5-17-12/h1-5,8,11,14H,6-7H2,(H,15,16). The molecule has 3 rings (SSSR count). The van der Waals surface area contributed by atoms with Gasteiger partial charge < -0.3 is 14.8 Å². The van der Waals surface area contributed by atoms with Crippen molar-refractivity contribution in [1.82, 2.24) is 5.32 Å². The zero-order valence-corrected chi connectivity index (χ0v) is 9.22. The lowest BCUT2D eigenvalue weighted by Crippen LogP contribution is -2.17. The molecule has 0 amide bonds. The average Bonchev–Trinajstić information content (AvgIpc) is 2.97. The highest BCUT2D eigenvalue weighted by Crippen LogP contribution is 2.32. The minimum absolute atomic E-state index is 0.109. The van der Waals surface area contributed by atoms with E-state index < -0.39 is 5.97 Å². The first-order chi connectivity index (χ1) is 8.25. The van der Waals surface area contributed by atoms with Gasteiger partial charge in [0.25, 0.3) is 0 Å². The molecule has 1 aromatic heterocycles. The fourth-order valence-corrected chi connectivity index (χ4v) is 2.48. The normalized spacial score (nSPS) is 24.2. The Kier molecular flexibility index (Phi) is 2.37. The van der Waals surface area contributed by atoms with Gasteiger partial charge in [0.05, 0.1) is 12.2 Å². The quantitative estimate of drug-likeness (QED) is 0.831. The molecule has 4 heteroatoms. The van der Waals surface area contributed by atoms with Gasteiger partial charge >= 0.3 is 5.97 Å². The Balaban J connectivity index is 1.95. The van der Waals surface area contributed by atoms with E-state index in [0.717, 1.165) is 16.5 Å². The molecule has 1 aromatic carbocycles. The summed E-state index contributed by atoms with van der Waals surface area (Å²) in [6.45, 7) is 0.536. The Hall–Kier alpha value is -1.81. The zero-order valence-electron chi connectivity index (χ0n) is 9.22. The molecule has 0 aliphatic carbocycles. The predicted octanol–water partition coefficient (Wildman–Crippen LogP) is 2.17. The summed E-state index contributed by atoms with van der Waals surface area (Å²) in [5.74, 6) is -1.01. The second-order valence-electron chi connectivity index (χ2n) is 4.41. The summed E-state index contributed by atoms with van der Waals surface area (Å²) in [6, 6.07) is 7.93. The fourth-order valence-electron chi connectivity index (χ4n) is 2.48. The van der Waals surface area contributed by atoms with E-state index in [4.69, 9.17) is 9.52 Å². The molecule has 2 aromatic rings. The van der Waals surface area contributed by atoms with Gasteiger partial charge in [0.15, 0.2) is 0 Å². The van der Waals surface area contributed by atoms with E-state index in [1.54, 1.807) is 6.26 Å². The maximum Gasteiger partial charge on any atom is 0.307 e. The third kappa shape index (κ3) is 1.70. The van der Waals surface area contributed by atoms with Crippen molar-refractivity contribution < 1.29 is 14.3 Å². The average molecular weight is 231 g/mol. The number of fused-ring (bicyclic) bond motifs is 1. The van der Waals surface area contributed by atoms with Crippen LogP contribution in [0.2, 0.25) is 0 Å². The summed E-state index contributed by atoms with van der Waals surface area (Å²) >= 11 is 0. The Morgan fingerprint density at radius 3 is 3.06 bits per heavy atom. The van der Waals surface area contributed by atoms with Gasteiger partial charge in [-0.05, 0) is 24.1 Å². The fraction of sp³-hybridized carbons (Fsp3) is 0.308. The first kappa shape index (κ1) is 10.4. The number of aliphatic carboxylic acids is 1. The number of hydrogen-bond acceptors (Lipinski definition) is 3. The van der Waals surface area contributed by atoms with Gasteiger partial charge in [-0.15, -0.1) is 0 Å². The van der Waals surface area contributed by atoms with Crippen LogP contribution in [0.3, 0.4) is 0 Å². The van der Waals surface area contributed by atoms with Crippen LogP contribution in [0.15, 0.2) is 34.9 Å². The smallest absolute Gasteiger partial charge is 0.307 e. The summed E-state index contributed by atoms with van der Waals surface area (Å²) in [5, 5.41) is 13.3. The molecule has 2 atom stereocenters. The maximum absolute atomic E-state index is 10.9. The van der Waals surface area contributed by atoms with Crippen LogP contribution in [-0.4, -0.2) is 17.6 Å². The number of carboxylic acid groups (broad SMARTS) is 1. The van der Waals surface area contributed by atoms with E-state index >= 15 is 0 Å². The van der Waals surface area contributed by atoms with Gasteiger partial charge in [0.2, 0.25) is 0 Å². The molecule has 4 nitrogen and oxygen atoms in total. The van der Waals surface area contributed by atoms with Crippen LogP contribution < -0.4 is 5.32 Å². The summed E-state index contributed by atoms with van der Waals surface area (Å²) < 4.78 is 5.35. The van der Waals surface area contributed by atoms with Crippen molar-refractivity contribution >= 4 is 16.9 Å². The van der Waals surface area contributed by atoms with E-state index in [1.807, 2.05) is 24.3 Å². The topological polar surface area (TPSA) is 62.5 Å². The Bertz CT molecular complexity index is 561. The molecule has 2 unspecified atom stereocenters. The molecule has 0 bridgehead atoms. The lowest BCUT2D eigenvalue weighted by molar-refractivity contribution is -0.141. The van der Waals surface area contributed by atoms with Gasteiger partial charge in [-0.25, -0.2) is 0 Å². The monoisotopic (exact) mass is 231 g/mol. The summed E-state index contributed by atoms with van der Waals surface area (Å²) in [7, 11) is 0. The molecule has 0 saturated carbocycles. The van der Waals surface area contributed by atoms with E-state index in [2.05, 4.69) is 5.32 Å². The predicted molar refractivity (Wildman–Crippen MR) is 62.7 cm³/mol. The lowest BCUT2D eigenvalue weighted by atomic mass is 9.98. The molecule has 0 spiro atoms. The van der Waals surface area contributed by atoms with Crippen molar-refractivity contribution in [3.63, 3.8) is 0 Å². The number of nitrogens with one attached hydrogen (secondary N) is 1. The minimum Gasteiger partial charge on any atom is -0.481 e. The molecule has 1 saturated heterocycles. The lowest BCUT2D eigenvalue weighted by Gasteiger charge is -2.11. The third-order valence-electron chi connectivity index (χ3n) is 3.39. The number of rotatable bonds is 2. The van der Waals surface area contributed by atoms with Crippen molar-refractivity contribution in [1.29, 1.82) is 0 Å². The van der Waals surface area contributed by atoms with Crippen LogP contribution in [-0.2, 0) is 4.79 Å². The summed E-state index contributed by atoms with van der Waals surface area (Å²) in [6.07, 6.45) is 2.30.